The summed E-state index contributed by atoms with van der Waals surface area (Å²) in [5.74, 6) is 0. The molecule has 1 saturated heterocycles. The third-order valence-corrected chi connectivity index (χ3v) is 3.35. The number of hydrogen-bond acceptors (Lipinski definition) is 2. The Morgan fingerprint density at radius 3 is 2.60 bits per heavy atom. The topological polar surface area (TPSA) is 21.3 Å². The Kier molecular flexibility index (Phi) is 3.08. The first kappa shape index (κ1) is 10.7. The van der Waals surface area contributed by atoms with E-state index in [2.05, 4.69) is 36.5 Å². The summed E-state index contributed by atoms with van der Waals surface area (Å²) in [5.41, 5.74) is 2.58. The van der Waals surface area contributed by atoms with Crippen LogP contribution in [0.5, 0.6) is 0 Å². The van der Waals surface area contributed by atoms with E-state index in [-0.39, 0.29) is 5.60 Å². The lowest BCUT2D eigenvalue weighted by molar-refractivity contribution is -0.0391. The summed E-state index contributed by atoms with van der Waals surface area (Å²) in [6, 6.07) is 8.68. The van der Waals surface area contributed by atoms with E-state index < -0.39 is 0 Å². The zero-order chi connectivity index (χ0) is 10.7. The summed E-state index contributed by atoms with van der Waals surface area (Å²) in [4.78, 5) is 0. The number of methoxy groups -OCH3 is 1. The minimum atomic E-state index is -0.0583. The highest BCUT2D eigenvalue weighted by atomic mass is 16.5. The fraction of sp³-hybridized carbons (Fsp3) is 0.538. The van der Waals surface area contributed by atoms with E-state index in [1.54, 1.807) is 0 Å². The van der Waals surface area contributed by atoms with Crippen molar-refractivity contribution in [3.8, 4) is 0 Å². The standard InChI is InChI=1S/C13H19NO/c1-11-4-3-5-12(10-11)13(15-2)6-8-14-9-7-13/h3-5,10,14H,6-9H2,1-2H3. The summed E-state index contributed by atoms with van der Waals surface area (Å²) in [7, 11) is 1.83. The number of nitrogens with one attached hydrogen (secondary N) is 1. The molecule has 15 heavy (non-hydrogen) atoms. The molecule has 0 amide bonds. The second kappa shape index (κ2) is 4.33. The number of aryl methyl sites for hydroxylation is 1. The summed E-state index contributed by atoms with van der Waals surface area (Å²) >= 11 is 0. The largest absolute Gasteiger partial charge is 0.373 e. The second-order valence-electron chi connectivity index (χ2n) is 4.32. The summed E-state index contributed by atoms with van der Waals surface area (Å²) in [6.07, 6.45) is 2.12. The van der Waals surface area contributed by atoms with E-state index in [1.807, 2.05) is 7.11 Å². The Morgan fingerprint density at radius 2 is 2.00 bits per heavy atom. The molecule has 0 spiro atoms. The van der Waals surface area contributed by atoms with E-state index in [4.69, 9.17) is 4.74 Å². The molecule has 1 aromatic rings. The van der Waals surface area contributed by atoms with Gasteiger partial charge in [0.2, 0.25) is 0 Å². The van der Waals surface area contributed by atoms with Gasteiger partial charge >= 0.3 is 0 Å². The molecule has 2 rings (SSSR count). The molecule has 1 aliphatic heterocycles. The van der Waals surface area contributed by atoms with Gasteiger partial charge in [-0.1, -0.05) is 29.8 Å². The molecular formula is C13H19NO. The van der Waals surface area contributed by atoms with Crippen LogP contribution in [0.1, 0.15) is 24.0 Å². The van der Waals surface area contributed by atoms with Crippen LogP contribution in [0.25, 0.3) is 0 Å². The molecule has 0 bridgehead atoms. The molecule has 0 aromatic heterocycles. The van der Waals surface area contributed by atoms with Crippen LogP contribution in [-0.4, -0.2) is 20.2 Å². The van der Waals surface area contributed by atoms with Crippen LogP contribution in [0, 0.1) is 6.92 Å². The van der Waals surface area contributed by atoms with Crippen LogP contribution in [0.2, 0.25) is 0 Å². The van der Waals surface area contributed by atoms with Gasteiger partial charge in [0.1, 0.15) is 0 Å². The molecular weight excluding hydrogens is 186 g/mol. The molecule has 1 N–H and O–H groups in total. The first-order valence-corrected chi connectivity index (χ1v) is 5.60. The first-order chi connectivity index (χ1) is 7.27. The van der Waals surface area contributed by atoms with Gasteiger partial charge in [-0.25, -0.2) is 0 Å². The maximum atomic E-state index is 5.78. The van der Waals surface area contributed by atoms with Gasteiger partial charge in [-0.2, -0.15) is 0 Å². The van der Waals surface area contributed by atoms with Crippen molar-refractivity contribution in [2.24, 2.45) is 0 Å². The first-order valence-electron chi connectivity index (χ1n) is 5.60. The van der Waals surface area contributed by atoms with Crippen LogP contribution < -0.4 is 5.32 Å². The Morgan fingerprint density at radius 1 is 1.27 bits per heavy atom. The molecule has 1 aliphatic rings. The normalized spacial score (nSPS) is 20.1. The average Bonchev–Trinajstić information content (AvgIpc) is 2.30. The Bertz CT molecular complexity index is 329. The second-order valence-corrected chi connectivity index (χ2v) is 4.32. The van der Waals surface area contributed by atoms with Crippen LogP contribution in [0.4, 0.5) is 0 Å². The average molecular weight is 205 g/mol. The van der Waals surface area contributed by atoms with Crippen LogP contribution >= 0.6 is 0 Å². The van der Waals surface area contributed by atoms with E-state index in [1.165, 1.54) is 11.1 Å². The molecule has 0 saturated carbocycles. The highest BCUT2D eigenvalue weighted by molar-refractivity contribution is 5.28. The molecule has 2 heteroatoms. The Balaban J connectivity index is 2.32. The van der Waals surface area contributed by atoms with E-state index in [0.29, 0.717) is 0 Å². The minimum Gasteiger partial charge on any atom is -0.373 e. The quantitative estimate of drug-likeness (QED) is 0.799. The third kappa shape index (κ3) is 2.06. The predicted molar refractivity (Wildman–Crippen MR) is 62.0 cm³/mol. The maximum absolute atomic E-state index is 5.78. The van der Waals surface area contributed by atoms with Gasteiger partial charge < -0.3 is 10.1 Å². The SMILES string of the molecule is COC1(c2cccc(C)c2)CCNCC1. The van der Waals surface area contributed by atoms with Crippen molar-refractivity contribution in [3.63, 3.8) is 0 Å². The fourth-order valence-electron chi connectivity index (χ4n) is 2.37. The monoisotopic (exact) mass is 205 g/mol. The molecule has 2 nitrogen and oxygen atoms in total. The van der Waals surface area contributed by atoms with Crippen LogP contribution in [0.15, 0.2) is 24.3 Å². The van der Waals surface area contributed by atoms with Crippen molar-refractivity contribution in [2.45, 2.75) is 25.4 Å². The van der Waals surface area contributed by atoms with Crippen molar-refractivity contribution >= 4 is 0 Å². The zero-order valence-corrected chi connectivity index (χ0v) is 9.55. The van der Waals surface area contributed by atoms with Gasteiger partial charge in [0.05, 0.1) is 5.60 Å². The molecule has 0 aliphatic carbocycles. The predicted octanol–water partition coefficient (Wildman–Crippen LogP) is 2.22. The van der Waals surface area contributed by atoms with Crippen LogP contribution in [0.3, 0.4) is 0 Å². The minimum absolute atomic E-state index is 0.0583. The number of ether oxygens (including phenoxy) is 1. The van der Waals surface area contributed by atoms with E-state index >= 15 is 0 Å². The van der Waals surface area contributed by atoms with Gasteiger partial charge in [-0.3, -0.25) is 0 Å². The Hall–Kier alpha value is -0.860. The fourth-order valence-corrected chi connectivity index (χ4v) is 2.37. The highest BCUT2D eigenvalue weighted by Crippen LogP contribution is 2.34. The number of rotatable bonds is 2. The summed E-state index contributed by atoms with van der Waals surface area (Å²) in [5, 5.41) is 3.38. The van der Waals surface area contributed by atoms with Crippen molar-refractivity contribution in [3.05, 3.63) is 35.4 Å². The molecule has 1 aromatic carbocycles. The van der Waals surface area contributed by atoms with Gasteiger partial charge in [0, 0.05) is 7.11 Å². The summed E-state index contributed by atoms with van der Waals surface area (Å²) < 4.78 is 5.78. The van der Waals surface area contributed by atoms with Gasteiger partial charge in [-0.15, -0.1) is 0 Å². The third-order valence-electron chi connectivity index (χ3n) is 3.35. The summed E-state index contributed by atoms with van der Waals surface area (Å²) in [6.45, 7) is 4.22. The zero-order valence-electron chi connectivity index (χ0n) is 9.55. The van der Waals surface area contributed by atoms with Crippen molar-refractivity contribution in [2.75, 3.05) is 20.2 Å². The van der Waals surface area contributed by atoms with Crippen molar-refractivity contribution in [1.29, 1.82) is 0 Å². The highest BCUT2D eigenvalue weighted by Gasteiger charge is 2.33. The van der Waals surface area contributed by atoms with Crippen molar-refractivity contribution in [1.82, 2.24) is 5.32 Å². The maximum Gasteiger partial charge on any atom is 0.0951 e. The van der Waals surface area contributed by atoms with Gasteiger partial charge in [0.15, 0.2) is 0 Å². The molecule has 0 radical (unpaired) electrons. The van der Waals surface area contributed by atoms with Gasteiger partial charge in [0.25, 0.3) is 0 Å². The molecule has 0 atom stereocenters. The number of hydrogen-bond donors (Lipinski definition) is 1. The smallest absolute Gasteiger partial charge is 0.0951 e. The molecule has 0 unspecified atom stereocenters. The lowest BCUT2D eigenvalue weighted by Crippen LogP contribution is -2.41. The molecule has 82 valence electrons. The Labute approximate surface area is 91.6 Å². The van der Waals surface area contributed by atoms with E-state index in [0.717, 1.165) is 25.9 Å². The molecule has 1 fully saturated rings. The number of benzene rings is 1. The molecule has 1 heterocycles. The number of piperidine rings is 1. The van der Waals surface area contributed by atoms with Crippen LogP contribution in [-0.2, 0) is 10.3 Å². The van der Waals surface area contributed by atoms with E-state index in [9.17, 15) is 0 Å². The van der Waals surface area contributed by atoms with Crippen molar-refractivity contribution < 1.29 is 4.74 Å². The van der Waals surface area contributed by atoms with Gasteiger partial charge in [-0.05, 0) is 38.4 Å². The lowest BCUT2D eigenvalue weighted by atomic mass is 9.84. The lowest BCUT2D eigenvalue weighted by Gasteiger charge is -2.37.